The van der Waals surface area contributed by atoms with Gasteiger partial charge in [-0.05, 0) is 29.4 Å². The van der Waals surface area contributed by atoms with Crippen molar-refractivity contribution in [2.75, 3.05) is 5.75 Å². The molecule has 16 heavy (non-hydrogen) atoms. The molecule has 1 unspecified atom stereocenters. The van der Waals surface area contributed by atoms with E-state index in [1.54, 1.807) is 12.1 Å². The van der Waals surface area contributed by atoms with Crippen LogP contribution in [0.5, 0.6) is 0 Å². The molecule has 0 saturated carbocycles. The second-order valence-corrected chi connectivity index (χ2v) is 5.69. The molecule has 0 aromatic heterocycles. The molecular formula is C12H19FN2S. The number of nitrogens with one attached hydrogen (secondary N) is 1. The normalized spacial score (nSPS) is 13.1. The Labute approximate surface area is 101 Å². The van der Waals surface area contributed by atoms with Crippen LogP contribution in [0.4, 0.5) is 4.39 Å². The van der Waals surface area contributed by atoms with Crippen LogP contribution in [0.3, 0.4) is 0 Å². The summed E-state index contributed by atoms with van der Waals surface area (Å²) in [4.78, 5) is 0. The highest BCUT2D eigenvalue weighted by Crippen LogP contribution is 2.13. The van der Waals surface area contributed by atoms with Crippen molar-refractivity contribution >= 4 is 11.8 Å². The molecule has 0 aliphatic heterocycles. The average Bonchev–Trinajstić information content (AvgIpc) is 2.26. The summed E-state index contributed by atoms with van der Waals surface area (Å²) in [5, 5.41) is 0.601. The van der Waals surface area contributed by atoms with E-state index in [2.05, 4.69) is 19.3 Å². The first-order valence-corrected chi connectivity index (χ1v) is 6.49. The Morgan fingerprint density at radius 1 is 1.31 bits per heavy atom. The van der Waals surface area contributed by atoms with Crippen molar-refractivity contribution in [1.82, 2.24) is 5.43 Å². The largest absolute Gasteiger partial charge is 0.271 e. The van der Waals surface area contributed by atoms with Gasteiger partial charge < -0.3 is 0 Å². The third-order valence-corrected chi connectivity index (χ3v) is 3.52. The SMILES string of the molecule is CC(C)SCC(Cc1ccc(F)cc1)NN. The smallest absolute Gasteiger partial charge is 0.123 e. The molecule has 1 aromatic carbocycles. The van der Waals surface area contributed by atoms with Crippen LogP contribution < -0.4 is 11.3 Å². The van der Waals surface area contributed by atoms with E-state index in [0.29, 0.717) is 5.25 Å². The van der Waals surface area contributed by atoms with Gasteiger partial charge in [0.05, 0.1) is 0 Å². The summed E-state index contributed by atoms with van der Waals surface area (Å²) in [6.45, 7) is 4.33. The Morgan fingerprint density at radius 2 is 1.94 bits per heavy atom. The van der Waals surface area contributed by atoms with E-state index in [1.807, 2.05) is 11.8 Å². The Bertz CT molecular complexity index is 300. The summed E-state index contributed by atoms with van der Waals surface area (Å²) < 4.78 is 12.7. The second-order valence-electron chi connectivity index (χ2n) is 4.08. The van der Waals surface area contributed by atoms with Crippen molar-refractivity contribution in [3.63, 3.8) is 0 Å². The molecule has 0 saturated heterocycles. The van der Waals surface area contributed by atoms with Gasteiger partial charge in [-0.3, -0.25) is 11.3 Å². The molecule has 2 nitrogen and oxygen atoms in total. The molecule has 0 fully saturated rings. The highest BCUT2D eigenvalue weighted by molar-refractivity contribution is 7.99. The predicted octanol–water partition coefficient (Wildman–Crippen LogP) is 2.34. The number of hydrogen-bond donors (Lipinski definition) is 2. The number of nitrogens with two attached hydrogens (primary N) is 1. The van der Waals surface area contributed by atoms with Gasteiger partial charge >= 0.3 is 0 Å². The van der Waals surface area contributed by atoms with Crippen LogP contribution >= 0.6 is 11.8 Å². The van der Waals surface area contributed by atoms with E-state index in [0.717, 1.165) is 17.7 Å². The summed E-state index contributed by atoms with van der Waals surface area (Å²) in [5.74, 6) is 6.27. The van der Waals surface area contributed by atoms with Crippen LogP contribution in [0, 0.1) is 5.82 Å². The van der Waals surface area contributed by atoms with Crippen molar-refractivity contribution < 1.29 is 4.39 Å². The Kier molecular flexibility index (Phi) is 5.80. The number of hydrogen-bond acceptors (Lipinski definition) is 3. The minimum atomic E-state index is -0.197. The van der Waals surface area contributed by atoms with Gasteiger partial charge in [0.2, 0.25) is 0 Å². The topological polar surface area (TPSA) is 38.0 Å². The summed E-state index contributed by atoms with van der Waals surface area (Å²) in [6, 6.07) is 6.81. The first-order valence-electron chi connectivity index (χ1n) is 5.44. The van der Waals surface area contributed by atoms with Gasteiger partial charge in [0.15, 0.2) is 0 Å². The molecule has 1 rings (SSSR count). The minimum Gasteiger partial charge on any atom is -0.271 e. The lowest BCUT2D eigenvalue weighted by atomic mass is 10.1. The van der Waals surface area contributed by atoms with E-state index < -0.39 is 0 Å². The molecule has 0 bridgehead atoms. The van der Waals surface area contributed by atoms with Gasteiger partial charge in [-0.25, -0.2) is 4.39 Å². The molecule has 0 amide bonds. The van der Waals surface area contributed by atoms with E-state index in [-0.39, 0.29) is 11.9 Å². The number of hydrazine groups is 1. The van der Waals surface area contributed by atoms with Crippen LogP contribution in [-0.4, -0.2) is 17.0 Å². The number of benzene rings is 1. The summed E-state index contributed by atoms with van der Waals surface area (Å²) in [5.41, 5.74) is 3.91. The van der Waals surface area contributed by atoms with Crippen molar-refractivity contribution in [3.05, 3.63) is 35.6 Å². The maximum Gasteiger partial charge on any atom is 0.123 e. The van der Waals surface area contributed by atoms with Crippen LogP contribution in [0.15, 0.2) is 24.3 Å². The maximum atomic E-state index is 12.7. The zero-order valence-corrected chi connectivity index (χ0v) is 10.6. The van der Waals surface area contributed by atoms with Crippen molar-refractivity contribution in [1.29, 1.82) is 0 Å². The third-order valence-electron chi connectivity index (χ3n) is 2.26. The zero-order valence-electron chi connectivity index (χ0n) is 9.74. The first kappa shape index (κ1) is 13.5. The number of halogens is 1. The molecule has 0 radical (unpaired) electrons. The molecule has 1 aromatic rings. The lowest BCUT2D eigenvalue weighted by molar-refractivity contribution is 0.573. The molecule has 0 heterocycles. The molecule has 0 aliphatic rings. The number of thioether (sulfide) groups is 1. The average molecular weight is 242 g/mol. The van der Waals surface area contributed by atoms with Crippen molar-refractivity contribution in [3.8, 4) is 0 Å². The second kappa shape index (κ2) is 6.89. The first-order chi connectivity index (χ1) is 7.61. The van der Waals surface area contributed by atoms with Crippen molar-refractivity contribution in [2.24, 2.45) is 5.84 Å². The number of rotatable bonds is 6. The monoisotopic (exact) mass is 242 g/mol. The van der Waals surface area contributed by atoms with Crippen LogP contribution in [0.25, 0.3) is 0 Å². The van der Waals surface area contributed by atoms with E-state index in [9.17, 15) is 4.39 Å². The predicted molar refractivity (Wildman–Crippen MR) is 68.8 cm³/mol. The fourth-order valence-corrected chi connectivity index (χ4v) is 2.21. The molecule has 90 valence electrons. The van der Waals surface area contributed by atoms with Crippen LogP contribution in [0.2, 0.25) is 0 Å². The summed E-state index contributed by atoms with van der Waals surface area (Å²) >= 11 is 1.87. The highest BCUT2D eigenvalue weighted by atomic mass is 32.2. The van der Waals surface area contributed by atoms with Gasteiger partial charge in [-0.2, -0.15) is 11.8 Å². The van der Waals surface area contributed by atoms with Gasteiger partial charge in [-0.15, -0.1) is 0 Å². The molecule has 0 aliphatic carbocycles. The molecule has 1 atom stereocenters. The van der Waals surface area contributed by atoms with Gasteiger partial charge in [0, 0.05) is 11.8 Å². The standard InChI is InChI=1S/C12H19FN2S/c1-9(2)16-8-12(15-14)7-10-3-5-11(13)6-4-10/h3-6,9,12,15H,7-8,14H2,1-2H3. The third kappa shape index (κ3) is 4.96. The van der Waals surface area contributed by atoms with E-state index in [1.165, 1.54) is 12.1 Å². The molecule has 0 spiro atoms. The van der Waals surface area contributed by atoms with Gasteiger partial charge in [0.1, 0.15) is 5.82 Å². The van der Waals surface area contributed by atoms with Gasteiger partial charge in [0.25, 0.3) is 0 Å². The van der Waals surface area contributed by atoms with Gasteiger partial charge in [-0.1, -0.05) is 26.0 Å². The molecular weight excluding hydrogens is 223 g/mol. The Morgan fingerprint density at radius 3 is 2.44 bits per heavy atom. The summed E-state index contributed by atoms with van der Waals surface area (Å²) in [6.07, 6.45) is 0.830. The Balaban J connectivity index is 2.46. The van der Waals surface area contributed by atoms with Crippen LogP contribution in [0.1, 0.15) is 19.4 Å². The lowest BCUT2D eigenvalue weighted by Crippen LogP contribution is -2.39. The van der Waals surface area contributed by atoms with Crippen LogP contribution in [-0.2, 0) is 6.42 Å². The maximum absolute atomic E-state index is 12.7. The Hall–Kier alpha value is -0.580. The van der Waals surface area contributed by atoms with E-state index in [4.69, 9.17) is 5.84 Å². The van der Waals surface area contributed by atoms with Crippen molar-refractivity contribution in [2.45, 2.75) is 31.6 Å². The zero-order chi connectivity index (χ0) is 12.0. The fraction of sp³-hybridized carbons (Fsp3) is 0.500. The van der Waals surface area contributed by atoms with E-state index >= 15 is 0 Å². The highest BCUT2D eigenvalue weighted by Gasteiger charge is 2.09. The molecule has 3 N–H and O–H groups in total. The minimum absolute atomic E-state index is 0.197. The quantitative estimate of drug-likeness (QED) is 0.594. The fourth-order valence-electron chi connectivity index (χ4n) is 1.38. The summed E-state index contributed by atoms with van der Waals surface area (Å²) in [7, 11) is 0. The molecule has 4 heteroatoms. The lowest BCUT2D eigenvalue weighted by Gasteiger charge is -2.16.